The van der Waals surface area contributed by atoms with Crippen LogP contribution in [0.4, 0.5) is 24.5 Å². The Morgan fingerprint density at radius 2 is 1.86 bits per heavy atom. The van der Waals surface area contributed by atoms with E-state index in [2.05, 4.69) is 10.3 Å². The molecule has 1 aliphatic heterocycles. The first-order chi connectivity index (χ1) is 17.6. The third kappa shape index (κ3) is 6.64. The van der Waals surface area contributed by atoms with Gasteiger partial charge in [0.1, 0.15) is 11.0 Å². The molecule has 4 rings (SSSR count). The van der Waals surface area contributed by atoms with E-state index in [9.17, 15) is 22.8 Å². The lowest BCUT2D eigenvalue weighted by Crippen LogP contribution is -2.44. The van der Waals surface area contributed by atoms with E-state index < -0.39 is 22.9 Å². The van der Waals surface area contributed by atoms with Gasteiger partial charge in [0.25, 0.3) is 0 Å². The summed E-state index contributed by atoms with van der Waals surface area (Å²) in [5, 5.41) is 2.30. The van der Waals surface area contributed by atoms with Gasteiger partial charge in [-0.15, -0.1) is 0 Å². The number of halogens is 4. The van der Waals surface area contributed by atoms with Gasteiger partial charge in [-0.25, -0.2) is 4.99 Å². The summed E-state index contributed by atoms with van der Waals surface area (Å²) in [5.41, 5.74) is 0.290. The summed E-state index contributed by atoms with van der Waals surface area (Å²) in [4.78, 5) is 31.9. The molecule has 3 aromatic rings. The number of nitrogens with zero attached hydrogens (tertiary/aromatic N) is 2. The second-order valence-electron chi connectivity index (χ2n) is 8.05. The van der Waals surface area contributed by atoms with Crippen molar-refractivity contribution in [1.29, 1.82) is 0 Å². The maximum absolute atomic E-state index is 13.2. The highest BCUT2D eigenvalue weighted by Crippen LogP contribution is 2.34. The molecule has 11 heteroatoms. The summed E-state index contributed by atoms with van der Waals surface area (Å²) in [6.45, 7) is 0.118. The van der Waals surface area contributed by atoms with Gasteiger partial charge < -0.3 is 10.1 Å². The van der Waals surface area contributed by atoms with E-state index in [-0.39, 0.29) is 29.7 Å². The molecule has 1 fully saturated rings. The molecule has 1 unspecified atom stereocenters. The first-order valence-electron chi connectivity index (χ1n) is 11.1. The number of hydrogen-bond donors (Lipinski definition) is 1. The fourth-order valence-corrected chi connectivity index (χ4v) is 4.83. The Balaban J connectivity index is 1.65. The second kappa shape index (κ2) is 11.3. The van der Waals surface area contributed by atoms with Gasteiger partial charge in [0.05, 0.1) is 35.6 Å². The van der Waals surface area contributed by atoms with Crippen molar-refractivity contribution >= 4 is 51.7 Å². The van der Waals surface area contributed by atoms with Crippen LogP contribution in [0.5, 0.6) is 5.75 Å². The standard InChI is InChI=1S/C26H21ClF3N3O3S/c1-36-19-11-9-16(10-12-19)15-33-23(34)14-22(24(35)32-21-8-3-2-7-20(21)27)37-25(33)31-18-6-4-5-17(13-18)26(28,29)30/h2-13,22H,14-15H2,1H3,(H,32,35). The molecule has 0 radical (unpaired) electrons. The van der Waals surface area contributed by atoms with E-state index in [1.807, 2.05) is 0 Å². The Labute approximate surface area is 220 Å². The van der Waals surface area contributed by atoms with Crippen molar-refractivity contribution in [3.05, 3.63) is 88.9 Å². The number of ether oxygens (including phenoxy) is 1. The van der Waals surface area contributed by atoms with Crippen LogP contribution >= 0.6 is 23.4 Å². The maximum Gasteiger partial charge on any atom is 0.416 e. The monoisotopic (exact) mass is 547 g/mol. The largest absolute Gasteiger partial charge is 0.497 e. The molecular formula is C26H21ClF3N3O3S. The fourth-order valence-electron chi connectivity index (χ4n) is 3.55. The van der Waals surface area contributed by atoms with Gasteiger partial charge in [0.2, 0.25) is 11.8 Å². The highest BCUT2D eigenvalue weighted by Gasteiger charge is 2.36. The van der Waals surface area contributed by atoms with Crippen LogP contribution in [0.25, 0.3) is 0 Å². The molecule has 0 aliphatic carbocycles. The molecule has 1 saturated heterocycles. The Morgan fingerprint density at radius 3 is 2.54 bits per heavy atom. The number of aliphatic imine (C=N–C) groups is 1. The number of anilines is 1. The van der Waals surface area contributed by atoms with Gasteiger partial charge in [-0.1, -0.05) is 53.7 Å². The van der Waals surface area contributed by atoms with Crippen LogP contribution in [0.15, 0.2) is 77.8 Å². The summed E-state index contributed by atoms with van der Waals surface area (Å²) < 4.78 is 44.9. The number of methoxy groups -OCH3 is 1. The zero-order valence-corrected chi connectivity index (χ0v) is 21.0. The summed E-state index contributed by atoms with van der Waals surface area (Å²) in [7, 11) is 1.54. The van der Waals surface area contributed by atoms with Crippen molar-refractivity contribution in [2.24, 2.45) is 4.99 Å². The van der Waals surface area contributed by atoms with Gasteiger partial charge in [-0.3, -0.25) is 14.5 Å². The van der Waals surface area contributed by atoms with Gasteiger partial charge in [-0.2, -0.15) is 13.2 Å². The molecule has 1 atom stereocenters. The number of nitrogens with one attached hydrogen (secondary N) is 1. The van der Waals surface area contributed by atoms with Crippen LogP contribution in [0.3, 0.4) is 0 Å². The molecule has 192 valence electrons. The minimum absolute atomic E-state index is 0.0111. The number of para-hydroxylation sites is 1. The van der Waals surface area contributed by atoms with Crippen LogP contribution in [0.2, 0.25) is 5.02 Å². The predicted octanol–water partition coefficient (Wildman–Crippen LogP) is 6.53. The average molecular weight is 548 g/mol. The van der Waals surface area contributed by atoms with Gasteiger partial charge in [0.15, 0.2) is 5.17 Å². The topological polar surface area (TPSA) is 71.0 Å². The summed E-state index contributed by atoms with van der Waals surface area (Å²) in [6.07, 6.45) is -4.68. The molecular weight excluding hydrogens is 527 g/mol. The maximum atomic E-state index is 13.2. The number of alkyl halides is 3. The quantitative estimate of drug-likeness (QED) is 0.381. The molecule has 0 aromatic heterocycles. The molecule has 37 heavy (non-hydrogen) atoms. The molecule has 2 amide bonds. The summed E-state index contributed by atoms with van der Waals surface area (Å²) >= 11 is 7.14. The first kappa shape index (κ1) is 26.6. The summed E-state index contributed by atoms with van der Waals surface area (Å²) in [5.74, 6) is -0.218. The highest BCUT2D eigenvalue weighted by atomic mass is 35.5. The molecule has 0 saturated carbocycles. The van der Waals surface area contributed by atoms with E-state index in [1.54, 1.807) is 48.5 Å². The predicted molar refractivity (Wildman–Crippen MR) is 138 cm³/mol. The minimum atomic E-state index is -4.55. The number of hydrogen-bond acceptors (Lipinski definition) is 5. The number of thioether (sulfide) groups is 1. The van der Waals surface area contributed by atoms with Crippen LogP contribution in [0.1, 0.15) is 17.5 Å². The van der Waals surface area contributed by atoms with Crippen molar-refractivity contribution in [1.82, 2.24) is 4.90 Å². The number of rotatable bonds is 6. The van der Waals surface area contributed by atoms with Crippen LogP contribution in [-0.2, 0) is 22.3 Å². The number of amides is 2. The van der Waals surface area contributed by atoms with Crippen molar-refractivity contribution in [2.45, 2.75) is 24.4 Å². The minimum Gasteiger partial charge on any atom is -0.497 e. The fraction of sp³-hybridized carbons (Fsp3) is 0.192. The van der Waals surface area contributed by atoms with E-state index in [0.717, 1.165) is 29.5 Å². The Kier molecular flexibility index (Phi) is 8.09. The SMILES string of the molecule is COc1ccc(CN2C(=O)CC(C(=O)Nc3ccccc3Cl)SC2=Nc2cccc(C(F)(F)F)c2)cc1. The number of carbonyl (C=O) groups is 2. The highest BCUT2D eigenvalue weighted by molar-refractivity contribution is 8.15. The normalized spacial score (nSPS) is 17.1. The zero-order chi connectivity index (χ0) is 26.6. The Hall–Kier alpha value is -3.50. The zero-order valence-electron chi connectivity index (χ0n) is 19.5. The van der Waals surface area contributed by atoms with Crippen LogP contribution < -0.4 is 10.1 Å². The van der Waals surface area contributed by atoms with Gasteiger partial charge >= 0.3 is 6.18 Å². The van der Waals surface area contributed by atoms with Crippen molar-refractivity contribution in [3.8, 4) is 5.75 Å². The first-order valence-corrected chi connectivity index (χ1v) is 12.3. The second-order valence-corrected chi connectivity index (χ2v) is 9.63. The third-order valence-corrected chi connectivity index (χ3v) is 6.98. The molecule has 1 N–H and O–H groups in total. The molecule has 1 aliphatic rings. The van der Waals surface area contributed by atoms with Gasteiger partial charge in [-0.05, 0) is 48.0 Å². The van der Waals surface area contributed by atoms with E-state index in [1.165, 1.54) is 24.1 Å². The van der Waals surface area contributed by atoms with Crippen molar-refractivity contribution < 1.29 is 27.5 Å². The number of carbonyl (C=O) groups excluding carboxylic acids is 2. The summed E-state index contributed by atoms with van der Waals surface area (Å²) in [6, 6.07) is 18.2. The lowest BCUT2D eigenvalue weighted by Gasteiger charge is -2.32. The van der Waals surface area contributed by atoms with Gasteiger partial charge in [0, 0.05) is 6.42 Å². The smallest absolute Gasteiger partial charge is 0.416 e. The number of benzene rings is 3. The molecule has 0 bridgehead atoms. The van der Waals surface area contributed by atoms with Crippen molar-refractivity contribution in [2.75, 3.05) is 12.4 Å². The van der Waals surface area contributed by atoms with E-state index in [0.29, 0.717) is 16.5 Å². The van der Waals surface area contributed by atoms with Crippen LogP contribution in [0, 0.1) is 0 Å². The van der Waals surface area contributed by atoms with E-state index >= 15 is 0 Å². The lowest BCUT2D eigenvalue weighted by molar-refractivity contribution is -0.137. The Bertz CT molecular complexity index is 1330. The number of amidine groups is 1. The third-order valence-electron chi connectivity index (χ3n) is 5.46. The van der Waals surface area contributed by atoms with Crippen molar-refractivity contribution in [3.63, 3.8) is 0 Å². The van der Waals surface area contributed by atoms with E-state index in [4.69, 9.17) is 16.3 Å². The lowest BCUT2D eigenvalue weighted by atomic mass is 10.2. The van der Waals surface area contributed by atoms with Crippen LogP contribution in [-0.4, -0.2) is 34.2 Å². The molecule has 6 nitrogen and oxygen atoms in total. The molecule has 3 aromatic carbocycles. The molecule has 0 spiro atoms. The molecule has 1 heterocycles. The average Bonchev–Trinajstić information content (AvgIpc) is 2.87. The Morgan fingerprint density at radius 1 is 1.14 bits per heavy atom.